The van der Waals surface area contributed by atoms with Gasteiger partial charge in [-0.15, -0.1) is 0 Å². The number of rotatable bonds is 1. The topological polar surface area (TPSA) is 3.24 Å². The van der Waals surface area contributed by atoms with Crippen molar-refractivity contribution in [3.05, 3.63) is 106 Å². The third-order valence-corrected chi connectivity index (χ3v) is 12.6. The van der Waals surface area contributed by atoms with Crippen LogP contribution in [0.15, 0.2) is 72.7 Å². The standard InChI is InChI=1S/C43H50BN/c1-39(2)20-21-40(3,4)31-24-27(18-19-28(31)39)45-36-17-13-15-30-38(36)44(34-16-12-11-14-29(34)43(30,9)10)35-25-32-33(26-37(35)45)42(7,8)23-22-41(32,5)6/h11-19,24-26H,20-23H2,1-10H3/i13D,15D,17D. The maximum Gasteiger partial charge on any atom is 0.247 e. The summed E-state index contributed by atoms with van der Waals surface area (Å²) < 4.78 is 28.3. The fourth-order valence-corrected chi connectivity index (χ4v) is 9.44. The molecule has 0 bridgehead atoms. The van der Waals surface area contributed by atoms with Gasteiger partial charge < -0.3 is 4.90 Å². The second-order valence-electron chi connectivity index (χ2n) is 17.7. The Morgan fingerprint density at radius 3 is 1.80 bits per heavy atom. The Morgan fingerprint density at radius 1 is 0.556 bits per heavy atom. The van der Waals surface area contributed by atoms with Gasteiger partial charge in [0.25, 0.3) is 0 Å². The highest BCUT2D eigenvalue weighted by molar-refractivity contribution is 6.99. The average molecular weight is 595 g/mol. The van der Waals surface area contributed by atoms with Gasteiger partial charge in [-0.1, -0.05) is 123 Å². The van der Waals surface area contributed by atoms with E-state index in [1.165, 1.54) is 38.7 Å². The maximum atomic E-state index is 9.64. The first kappa shape index (κ1) is 25.9. The summed E-state index contributed by atoms with van der Waals surface area (Å²) in [6, 6.07) is 21.1. The molecule has 2 heterocycles. The van der Waals surface area contributed by atoms with E-state index in [1.54, 1.807) is 0 Å². The molecule has 0 saturated carbocycles. The van der Waals surface area contributed by atoms with Gasteiger partial charge in [-0.2, -0.15) is 0 Å². The van der Waals surface area contributed by atoms with Crippen molar-refractivity contribution in [1.29, 1.82) is 0 Å². The van der Waals surface area contributed by atoms with Gasteiger partial charge in [-0.25, -0.2) is 0 Å². The zero-order valence-corrected chi connectivity index (χ0v) is 29.0. The van der Waals surface area contributed by atoms with Crippen LogP contribution in [-0.2, 0) is 27.1 Å². The lowest BCUT2D eigenvalue weighted by Crippen LogP contribution is -2.64. The smallest absolute Gasteiger partial charge is 0.247 e. The molecule has 0 amide bonds. The first-order chi connectivity index (χ1) is 22.3. The maximum absolute atomic E-state index is 9.64. The monoisotopic (exact) mass is 594 g/mol. The van der Waals surface area contributed by atoms with E-state index >= 15 is 0 Å². The predicted octanol–water partition coefficient (Wildman–Crippen LogP) is 9.32. The predicted molar refractivity (Wildman–Crippen MR) is 195 cm³/mol. The molecular weight excluding hydrogens is 541 g/mol. The van der Waals surface area contributed by atoms with Crippen LogP contribution in [0.25, 0.3) is 0 Å². The van der Waals surface area contributed by atoms with Gasteiger partial charge in [0.1, 0.15) is 0 Å². The molecule has 230 valence electrons. The van der Waals surface area contributed by atoms with E-state index in [0.29, 0.717) is 0 Å². The number of anilines is 3. The lowest BCUT2D eigenvalue weighted by atomic mass is 9.30. The van der Waals surface area contributed by atoms with Gasteiger partial charge in [-0.3, -0.25) is 0 Å². The first-order valence-corrected chi connectivity index (χ1v) is 17.2. The molecule has 8 rings (SSSR count). The number of hydrogen-bond donors (Lipinski definition) is 0. The Hall–Kier alpha value is -3.26. The highest BCUT2D eigenvalue weighted by Gasteiger charge is 2.48. The van der Waals surface area contributed by atoms with E-state index < -0.39 is 5.41 Å². The van der Waals surface area contributed by atoms with Crippen molar-refractivity contribution in [3.8, 4) is 0 Å². The molecule has 0 unspecified atom stereocenters. The molecule has 0 atom stereocenters. The molecule has 0 spiro atoms. The minimum absolute atomic E-state index is 0.0146. The molecular formula is C43H50BN. The molecule has 45 heavy (non-hydrogen) atoms. The molecule has 4 aliphatic rings. The van der Waals surface area contributed by atoms with Crippen LogP contribution in [0.5, 0.6) is 0 Å². The molecule has 0 N–H and O–H groups in total. The van der Waals surface area contributed by atoms with Gasteiger partial charge in [0.15, 0.2) is 0 Å². The van der Waals surface area contributed by atoms with Crippen molar-refractivity contribution in [2.24, 2.45) is 0 Å². The fourth-order valence-electron chi connectivity index (χ4n) is 9.44. The SMILES string of the molecule is [2H]c1c([2H])c2c3c(c1[2H])C(C)(C)c1ccccc1B3c1cc3c(cc1N2c1ccc2c(c1)C(C)(C)CCC2(C)C)C(C)(C)CCC3(C)C. The number of fused-ring (bicyclic) bond motifs is 6. The highest BCUT2D eigenvalue weighted by atomic mass is 15.2. The first-order valence-electron chi connectivity index (χ1n) is 18.7. The molecule has 4 aromatic rings. The largest absolute Gasteiger partial charge is 0.311 e. The summed E-state index contributed by atoms with van der Waals surface area (Å²) >= 11 is 0. The Morgan fingerprint density at radius 2 is 1.13 bits per heavy atom. The van der Waals surface area contributed by atoms with Gasteiger partial charge >= 0.3 is 0 Å². The van der Waals surface area contributed by atoms with Gasteiger partial charge in [0.05, 0.1) is 4.11 Å². The van der Waals surface area contributed by atoms with E-state index in [2.05, 4.69) is 129 Å². The van der Waals surface area contributed by atoms with Crippen LogP contribution in [0.1, 0.15) is 132 Å². The van der Waals surface area contributed by atoms with Crippen LogP contribution in [0.3, 0.4) is 0 Å². The van der Waals surface area contributed by atoms with Crippen LogP contribution in [0.4, 0.5) is 17.1 Å². The summed E-state index contributed by atoms with van der Waals surface area (Å²) in [6.07, 6.45) is 4.54. The van der Waals surface area contributed by atoms with E-state index in [1.807, 2.05) is 0 Å². The Kier molecular flexibility index (Phi) is 5.15. The van der Waals surface area contributed by atoms with Gasteiger partial charge in [0, 0.05) is 22.5 Å². The Labute approximate surface area is 276 Å². The van der Waals surface area contributed by atoms with Crippen LogP contribution in [0.2, 0.25) is 0 Å². The minimum Gasteiger partial charge on any atom is -0.311 e. The molecule has 2 aliphatic carbocycles. The van der Waals surface area contributed by atoms with E-state index in [9.17, 15) is 4.11 Å². The van der Waals surface area contributed by atoms with E-state index in [0.717, 1.165) is 53.8 Å². The molecule has 0 aromatic heterocycles. The lowest BCUT2D eigenvalue weighted by Gasteiger charge is -2.48. The zero-order valence-electron chi connectivity index (χ0n) is 32.0. The van der Waals surface area contributed by atoms with Gasteiger partial charge in [0.2, 0.25) is 6.71 Å². The van der Waals surface area contributed by atoms with Crippen LogP contribution >= 0.6 is 0 Å². The summed E-state index contributed by atoms with van der Waals surface area (Å²) in [5.41, 5.74) is 13.9. The summed E-state index contributed by atoms with van der Waals surface area (Å²) in [6.45, 7) is 23.4. The summed E-state index contributed by atoms with van der Waals surface area (Å²) in [5, 5.41) is 0. The second-order valence-corrected chi connectivity index (χ2v) is 17.7. The lowest BCUT2D eigenvalue weighted by molar-refractivity contribution is 0.332. The molecule has 4 aromatic carbocycles. The average Bonchev–Trinajstić information content (AvgIpc) is 3.02. The number of nitrogens with zero attached hydrogens (tertiary/aromatic N) is 1. The van der Waals surface area contributed by atoms with Crippen LogP contribution < -0.4 is 21.3 Å². The zero-order chi connectivity index (χ0) is 34.5. The Balaban J connectivity index is 1.54. The van der Waals surface area contributed by atoms with Crippen LogP contribution in [-0.4, -0.2) is 6.71 Å². The quantitative estimate of drug-likeness (QED) is 0.175. The van der Waals surface area contributed by atoms with Crippen molar-refractivity contribution in [2.75, 3.05) is 4.90 Å². The van der Waals surface area contributed by atoms with Gasteiger partial charge in [-0.05, 0) is 116 Å². The minimum atomic E-state index is -0.488. The molecule has 0 fully saturated rings. The third kappa shape index (κ3) is 3.93. The van der Waals surface area contributed by atoms with E-state index in [-0.39, 0.29) is 46.5 Å². The van der Waals surface area contributed by atoms with Crippen molar-refractivity contribution >= 4 is 40.2 Å². The summed E-state index contributed by atoms with van der Waals surface area (Å²) in [4.78, 5) is 2.34. The van der Waals surface area contributed by atoms with Crippen molar-refractivity contribution < 1.29 is 4.11 Å². The van der Waals surface area contributed by atoms with E-state index in [4.69, 9.17) is 0 Å². The Bertz CT molecular complexity index is 2070. The third-order valence-electron chi connectivity index (χ3n) is 12.6. The molecule has 0 radical (unpaired) electrons. The normalized spacial score (nSPS) is 22.9. The van der Waals surface area contributed by atoms with Crippen molar-refractivity contribution in [2.45, 2.75) is 122 Å². The van der Waals surface area contributed by atoms with Crippen molar-refractivity contribution in [3.63, 3.8) is 0 Å². The molecule has 2 aliphatic heterocycles. The molecule has 0 saturated heterocycles. The highest BCUT2D eigenvalue weighted by Crippen LogP contribution is 2.51. The van der Waals surface area contributed by atoms with Crippen LogP contribution in [0, 0.1) is 0 Å². The summed E-state index contributed by atoms with van der Waals surface area (Å²) in [7, 11) is 0. The number of hydrogen-bond acceptors (Lipinski definition) is 1. The summed E-state index contributed by atoms with van der Waals surface area (Å²) in [5.74, 6) is 0. The van der Waals surface area contributed by atoms with Crippen molar-refractivity contribution in [1.82, 2.24) is 0 Å². The fraction of sp³-hybridized carbons (Fsp3) is 0.442. The molecule has 1 nitrogen and oxygen atoms in total. The molecule has 2 heteroatoms. The number of benzene rings is 4. The second kappa shape index (κ2) is 8.96.